The quantitative estimate of drug-likeness (QED) is 0.462. The Morgan fingerprint density at radius 1 is 1.40 bits per heavy atom. The van der Waals surface area contributed by atoms with E-state index in [1.54, 1.807) is 0 Å². The highest BCUT2D eigenvalue weighted by atomic mass is 35.5. The fourth-order valence-electron chi connectivity index (χ4n) is 0.643. The molecule has 2 unspecified atom stereocenters. The predicted molar refractivity (Wildman–Crippen MR) is 52.1 cm³/mol. The van der Waals surface area contributed by atoms with E-state index in [0.717, 1.165) is 0 Å². The van der Waals surface area contributed by atoms with Gasteiger partial charge in [0.25, 0.3) is 0 Å². The summed E-state index contributed by atoms with van der Waals surface area (Å²) in [6.07, 6.45) is 1.25. The Morgan fingerprint density at radius 3 is 2.40 bits per heavy atom. The molecule has 0 aliphatic carbocycles. The number of hydrogen-bond donors (Lipinski definition) is 0. The minimum atomic E-state index is 0.331. The van der Waals surface area contributed by atoms with Crippen LogP contribution in [0.2, 0.25) is 0 Å². The van der Waals surface area contributed by atoms with Crippen LogP contribution < -0.4 is 0 Å². The van der Waals surface area contributed by atoms with Gasteiger partial charge < -0.3 is 0 Å². The molecule has 62 valence electrons. The molecular weight excluding hydrogens is 164 g/mol. The average Bonchev–Trinajstić information content (AvgIpc) is 1.88. The molecule has 0 saturated heterocycles. The maximum Gasteiger partial charge on any atom is 0.0333 e. The van der Waals surface area contributed by atoms with Crippen LogP contribution in [0.3, 0.4) is 0 Å². The molecule has 0 spiro atoms. The first-order valence-corrected chi connectivity index (χ1v) is 5.49. The summed E-state index contributed by atoms with van der Waals surface area (Å²) >= 11 is 7.89. The van der Waals surface area contributed by atoms with E-state index >= 15 is 0 Å². The molecule has 0 fully saturated rings. The van der Waals surface area contributed by atoms with E-state index in [4.69, 9.17) is 11.6 Å². The van der Waals surface area contributed by atoms with Crippen LogP contribution in [0, 0.1) is 5.92 Å². The van der Waals surface area contributed by atoms with Crippen LogP contribution in [-0.4, -0.2) is 16.9 Å². The molecule has 0 aromatic rings. The summed E-state index contributed by atoms with van der Waals surface area (Å²) in [4.78, 5) is 0. The largest absolute Gasteiger partial charge is 0.162 e. The lowest BCUT2D eigenvalue weighted by atomic mass is 10.1. The summed E-state index contributed by atoms with van der Waals surface area (Å²) < 4.78 is 0. The highest BCUT2D eigenvalue weighted by molar-refractivity contribution is 7.99. The standard InChI is InChI=1S/C8H17ClS/c1-4-10-6-5-7(2)8(3)9/h7-8H,4-6H2,1-3H3. The van der Waals surface area contributed by atoms with Crippen LogP contribution in [-0.2, 0) is 0 Å². The zero-order chi connectivity index (χ0) is 7.98. The summed E-state index contributed by atoms with van der Waals surface area (Å²) in [6, 6.07) is 0. The Balaban J connectivity index is 3.13. The molecule has 0 radical (unpaired) electrons. The summed E-state index contributed by atoms with van der Waals surface area (Å²) in [5.74, 6) is 3.15. The van der Waals surface area contributed by atoms with Gasteiger partial charge in [0.15, 0.2) is 0 Å². The minimum absolute atomic E-state index is 0.331. The first-order chi connectivity index (χ1) is 4.68. The van der Waals surface area contributed by atoms with Gasteiger partial charge in [-0.1, -0.05) is 13.8 Å². The molecule has 0 aliphatic heterocycles. The maximum atomic E-state index is 5.90. The van der Waals surface area contributed by atoms with Crippen molar-refractivity contribution in [1.82, 2.24) is 0 Å². The van der Waals surface area contributed by atoms with E-state index in [0.29, 0.717) is 11.3 Å². The number of rotatable bonds is 5. The Hall–Kier alpha value is 0.640. The minimum Gasteiger partial charge on any atom is -0.162 e. The molecule has 0 rings (SSSR count). The molecule has 0 aromatic carbocycles. The van der Waals surface area contributed by atoms with E-state index in [1.807, 2.05) is 11.8 Å². The monoisotopic (exact) mass is 180 g/mol. The lowest BCUT2D eigenvalue weighted by Gasteiger charge is -2.12. The SMILES string of the molecule is CCSCCC(C)C(C)Cl. The molecule has 0 N–H and O–H groups in total. The molecule has 2 atom stereocenters. The third kappa shape index (κ3) is 5.43. The maximum absolute atomic E-state index is 5.90. The zero-order valence-electron chi connectivity index (χ0n) is 7.06. The average molecular weight is 181 g/mol. The molecule has 2 heteroatoms. The van der Waals surface area contributed by atoms with Crippen molar-refractivity contribution in [2.45, 2.75) is 32.6 Å². The topological polar surface area (TPSA) is 0 Å². The van der Waals surface area contributed by atoms with Gasteiger partial charge in [-0.25, -0.2) is 0 Å². The second kappa shape index (κ2) is 6.36. The number of halogens is 1. The first-order valence-electron chi connectivity index (χ1n) is 3.90. The Kier molecular flexibility index (Phi) is 6.76. The van der Waals surface area contributed by atoms with E-state index in [9.17, 15) is 0 Å². The van der Waals surface area contributed by atoms with Gasteiger partial charge in [0, 0.05) is 5.38 Å². The van der Waals surface area contributed by atoms with E-state index < -0.39 is 0 Å². The van der Waals surface area contributed by atoms with Gasteiger partial charge in [-0.05, 0) is 30.8 Å². The van der Waals surface area contributed by atoms with Crippen LogP contribution in [0.4, 0.5) is 0 Å². The van der Waals surface area contributed by atoms with Crippen LogP contribution in [0.1, 0.15) is 27.2 Å². The van der Waals surface area contributed by atoms with Crippen LogP contribution in [0.5, 0.6) is 0 Å². The van der Waals surface area contributed by atoms with Gasteiger partial charge in [-0.15, -0.1) is 11.6 Å². The molecule has 10 heavy (non-hydrogen) atoms. The smallest absolute Gasteiger partial charge is 0.0333 e. The second-order valence-electron chi connectivity index (χ2n) is 2.64. The van der Waals surface area contributed by atoms with Gasteiger partial charge in [0.2, 0.25) is 0 Å². The Morgan fingerprint density at radius 2 is 2.00 bits per heavy atom. The molecule has 0 aliphatic rings. The van der Waals surface area contributed by atoms with Crippen molar-refractivity contribution in [3.63, 3.8) is 0 Å². The van der Waals surface area contributed by atoms with Crippen molar-refractivity contribution in [2.24, 2.45) is 5.92 Å². The van der Waals surface area contributed by atoms with Gasteiger partial charge >= 0.3 is 0 Å². The van der Waals surface area contributed by atoms with Gasteiger partial charge in [0.05, 0.1) is 0 Å². The number of hydrogen-bond acceptors (Lipinski definition) is 1. The van der Waals surface area contributed by atoms with Crippen LogP contribution in [0.25, 0.3) is 0 Å². The fraction of sp³-hybridized carbons (Fsp3) is 1.00. The Labute approximate surface area is 73.7 Å². The highest BCUT2D eigenvalue weighted by Gasteiger charge is 2.07. The summed E-state index contributed by atoms with van der Waals surface area (Å²) in [5, 5.41) is 0.331. The van der Waals surface area contributed by atoms with Crippen molar-refractivity contribution >= 4 is 23.4 Å². The van der Waals surface area contributed by atoms with Crippen molar-refractivity contribution in [3.05, 3.63) is 0 Å². The molecule has 0 saturated carbocycles. The van der Waals surface area contributed by atoms with E-state index in [1.165, 1.54) is 17.9 Å². The third-order valence-corrected chi connectivity index (χ3v) is 3.07. The molecule has 0 nitrogen and oxygen atoms in total. The molecule has 0 bridgehead atoms. The molecule has 0 heterocycles. The van der Waals surface area contributed by atoms with Gasteiger partial charge in [-0.3, -0.25) is 0 Å². The normalized spacial score (nSPS) is 16.8. The fourth-order valence-corrected chi connectivity index (χ4v) is 1.60. The van der Waals surface area contributed by atoms with Crippen molar-refractivity contribution < 1.29 is 0 Å². The third-order valence-electron chi connectivity index (χ3n) is 1.71. The van der Waals surface area contributed by atoms with Crippen molar-refractivity contribution in [2.75, 3.05) is 11.5 Å². The lowest BCUT2D eigenvalue weighted by Crippen LogP contribution is -2.07. The summed E-state index contributed by atoms with van der Waals surface area (Å²) in [7, 11) is 0. The molecule has 0 amide bonds. The van der Waals surface area contributed by atoms with E-state index in [-0.39, 0.29) is 0 Å². The zero-order valence-corrected chi connectivity index (χ0v) is 8.63. The lowest BCUT2D eigenvalue weighted by molar-refractivity contribution is 0.556. The number of thioether (sulfide) groups is 1. The second-order valence-corrected chi connectivity index (χ2v) is 4.72. The van der Waals surface area contributed by atoms with E-state index in [2.05, 4.69) is 20.8 Å². The molecular formula is C8H17ClS. The summed E-state index contributed by atoms with van der Waals surface area (Å²) in [5.41, 5.74) is 0. The molecule has 0 aromatic heterocycles. The Bertz CT molecular complexity index is 73.7. The van der Waals surface area contributed by atoms with Crippen LogP contribution in [0.15, 0.2) is 0 Å². The number of alkyl halides is 1. The van der Waals surface area contributed by atoms with Crippen LogP contribution >= 0.6 is 23.4 Å². The van der Waals surface area contributed by atoms with Gasteiger partial charge in [0.1, 0.15) is 0 Å². The highest BCUT2D eigenvalue weighted by Crippen LogP contribution is 2.16. The van der Waals surface area contributed by atoms with Crippen molar-refractivity contribution in [3.8, 4) is 0 Å². The van der Waals surface area contributed by atoms with Crippen molar-refractivity contribution in [1.29, 1.82) is 0 Å². The first kappa shape index (κ1) is 10.6. The predicted octanol–water partition coefficient (Wildman–Crippen LogP) is 3.39. The van der Waals surface area contributed by atoms with Gasteiger partial charge in [-0.2, -0.15) is 11.8 Å². The summed E-state index contributed by atoms with van der Waals surface area (Å²) in [6.45, 7) is 6.48.